The monoisotopic (exact) mass is 571 g/mol. The Morgan fingerprint density at radius 2 is 1.93 bits per heavy atom. The molecule has 0 spiro atoms. The molecule has 1 N–H and O–H groups in total. The van der Waals surface area contributed by atoms with E-state index in [1.54, 1.807) is 19.2 Å². The predicted molar refractivity (Wildman–Crippen MR) is 159 cm³/mol. The van der Waals surface area contributed by atoms with Gasteiger partial charge in [0.05, 0.1) is 25.0 Å². The Kier molecular flexibility index (Phi) is 7.49. The van der Waals surface area contributed by atoms with Gasteiger partial charge < -0.3 is 19.9 Å². The Balaban J connectivity index is 1.18. The SMILES string of the molecule is COc1ccc2c(c1)CN(C[C@H]1CN[C@H](C)CN1CC(=O)N1CC(C)(C)c3ncc(Cc4ccc(F)cc4)cc31)C2=O. The number of pyridine rings is 1. The maximum absolute atomic E-state index is 14.0. The number of amides is 2. The Hall–Kier alpha value is -3.82. The summed E-state index contributed by atoms with van der Waals surface area (Å²) in [6.07, 6.45) is 2.48. The van der Waals surface area contributed by atoms with E-state index in [-0.39, 0.29) is 41.7 Å². The highest BCUT2D eigenvalue weighted by Gasteiger charge is 2.41. The van der Waals surface area contributed by atoms with E-state index in [0.717, 1.165) is 39.4 Å². The van der Waals surface area contributed by atoms with Gasteiger partial charge in [-0.3, -0.25) is 19.5 Å². The minimum Gasteiger partial charge on any atom is -0.497 e. The lowest BCUT2D eigenvalue weighted by atomic mass is 9.91. The van der Waals surface area contributed by atoms with Crippen LogP contribution in [0.3, 0.4) is 0 Å². The van der Waals surface area contributed by atoms with Gasteiger partial charge in [0, 0.05) is 62.0 Å². The summed E-state index contributed by atoms with van der Waals surface area (Å²) in [5.41, 5.74) is 5.15. The van der Waals surface area contributed by atoms with Crippen LogP contribution in [0.15, 0.2) is 54.7 Å². The lowest BCUT2D eigenvalue weighted by Gasteiger charge is -2.41. The van der Waals surface area contributed by atoms with Crippen LogP contribution in [0.25, 0.3) is 0 Å². The van der Waals surface area contributed by atoms with Crippen molar-refractivity contribution in [2.45, 2.75) is 51.2 Å². The molecule has 2 amide bonds. The van der Waals surface area contributed by atoms with E-state index in [1.165, 1.54) is 12.1 Å². The van der Waals surface area contributed by atoms with Gasteiger partial charge in [-0.2, -0.15) is 0 Å². The number of anilines is 1. The molecule has 6 rings (SSSR count). The first-order valence-electron chi connectivity index (χ1n) is 14.6. The molecular formula is C33H38FN5O3. The number of carbonyl (C=O) groups excluding carboxylic acids is 2. The number of halogens is 1. The number of hydrogen-bond donors (Lipinski definition) is 1. The predicted octanol–water partition coefficient (Wildman–Crippen LogP) is 3.76. The summed E-state index contributed by atoms with van der Waals surface area (Å²) in [5.74, 6) is 0.534. The van der Waals surface area contributed by atoms with E-state index < -0.39 is 0 Å². The van der Waals surface area contributed by atoms with E-state index >= 15 is 0 Å². The molecule has 220 valence electrons. The van der Waals surface area contributed by atoms with Gasteiger partial charge in [-0.1, -0.05) is 26.0 Å². The number of benzene rings is 2. The zero-order valence-corrected chi connectivity index (χ0v) is 24.7. The van der Waals surface area contributed by atoms with Crippen molar-refractivity contribution in [3.8, 4) is 5.75 Å². The molecule has 1 saturated heterocycles. The molecule has 3 aromatic rings. The second-order valence-electron chi connectivity index (χ2n) is 12.5. The number of hydrogen-bond acceptors (Lipinski definition) is 6. The first-order chi connectivity index (χ1) is 20.1. The molecule has 9 heteroatoms. The van der Waals surface area contributed by atoms with Gasteiger partial charge in [0.1, 0.15) is 11.6 Å². The number of ether oxygens (including phenoxy) is 1. The fraction of sp³-hybridized carbons (Fsp3) is 0.424. The molecule has 3 aliphatic heterocycles. The van der Waals surface area contributed by atoms with E-state index in [2.05, 4.69) is 37.1 Å². The summed E-state index contributed by atoms with van der Waals surface area (Å²) in [6.45, 7) is 9.66. The maximum atomic E-state index is 14.0. The topological polar surface area (TPSA) is 78.0 Å². The van der Waals surface area contributed by atoms with Crippen molar-refractivity contribution >= 4 is 17.5 Å². The third-order valence-electron chi connectivity index (χ3n) is 8.72. The number of rotatable bonds is 7. The average molecular weight is 572 g/mol. The van der Waals surface area contributed by atoms with Gasteiger partial charge in [0.25, 0.3) is 5.91 Å². The van der Waals surface area contributed by atoms with Crippen molar-refractivity contribution in [1.29, 1.82) is 0 Å². The highest BCUT2D eigenvalue weighted by atomic mass is 19.1. The number of nitrogens with one attached hydrogen (secondary N) is 1. The molecule has 8 nitrogen and oxygen atoms in total. The van der Waals surface area contributed by atoms with Crippen LogP contribution in [0.1, 0.15) is 53.5 Å². The number of fused-ring (bicyclic) bond motifs is 2. The smallest absolute Gasteiger partial charge is 0.254 e. The van der Waals surface area contributed by atoms with Crippen molar-refractivity contribution < 1.29 is 18.7 Å². The van der Waals surface area contributed by atoms with E-state index in [4.69, 9.17) is 9.72 Å². The zero-order valence-electron chi connectivity index (χ0n) is 24.7. The van der Waals surface area contributed by atoms with Crippen molar-refractivity contribution in [3.05, 3.63) is 88.5 Å². The molecule has 0 radical (unpaired) electrons. The van der Waals surface area contributed by atoms with Gasteiger partial charge in [-0.05, 0) is 66.4 Å². The summed E-state index contributed by atoms with van der Waals surface area (Å²) in [4.78, 5) is 38.0. The molecule has 1 aromatic heterocycles. The van der Waals surface area contributed by atoms with Crippen LogP contribution in [-0.2, 0) is 23.2 Å². The van der Waals surface area contributed by atoms with Crippen LogP contribution in [0.2, 0.25) is 0 Å². The second-order valence-corrected chi connectivity index (χ2v) is 12.5. The fourth-order valence-corrected chi connectivity index (χ4v) is 6.49. The normalized spacial score (nSPS) is 21.4. The van der Waals surface area contributed by atoms with Gasteiger partial charge in [0.15, 0.2) is 0 Å². The lowest BCUT2D eigenvalue weighted by Crippen LogP contribution is -2.60. The highest BCUT2D eigenvalue weighted by Crippen LogP contribution is 2.40. The lowest BCUT2D eigenvalue weighted by molar-refractivity contribution is -0.120. The standard InChI is InChI=1S/C33H38FN5O3/c1-21-16-37(26(15-35-21)18-38-17-24-13-27(42-4)9-10-28(24)32(38)41)19-30(40)39-20-33(2,3)31-29(39)12-23(14-36-31)11-22-5-7-25(34)8-6-22/h5-10,12-14,21,26,35H,11,15-20H2,1-4H3/t21-,26-/m1/s1. The minimum atomic E-state index is -0.273. The van der Waals surface area contributed by atoms with Gasteiger partial charge in [-0.15, -0.1) is 0 Å². The van der Waals surface area contributed by atoms with E-state index in [1.807, 2.05) is 34.2 Å². The van der Waals surface area contributed by atoms with Crippen molar-refractivity contribution in [2.24, 2.45) is 0 Å². The molecule has 42 heavy (non-hydrogen) atoms. The Bertz CT molecular complexity index is 1510. The number of carbonyl (C=O) groups is 2. The van der Waals surface area contributed by atoms with Crippen molar-refractivity contribution in [3.63, 3.8) is 0 Å². The number of piperazine rings is 1. The molecule has 2 atom stereocenters. The molecular weight excluding hydrogens is 533 g/mol. The maximum Gasteiger partial charge on any atom is 0.254 e. The Labute approximate surface area is 246 Å². The van der Waals surface area contributed by atoms with Gasteiger partial charge >= 0.3 is 0 Å². The van der Waals surface area contributed by atoms with Crippen LogP contribution in [-0.4, -0.2) is 78.5 Å². The summed E-state index contributed by atoms with van der Waals surface area (Å²) in [5, 5.41) is 3.54. The van der Waals surface area contributed by atoms with Crippen LogP contribution in [0.4, 0.5) is 10.1 Å². The molecule has 0 bridgehead atoms. The van der Waals surface area contributed by atoms with Gasteiger partial charge in [-0.25, -0.2) is 4.39 Å². The average Bonchev–Trinajstić information content (AvgIpc) is 3.42. The number of methoxy groups -OCH3 is 1. The van der Waals surface area contributed by atoms with Crippen LogP contribution in [0.5, 0.6) is 5.75 Å². The van der Waals surface area contributed by atoms with E-state index in [0.29, 0.717) is 39.1 Å². The quantitative estimate of drug-likeness (QED) is 0.466. The molecule has 0 aliphatic carbocycles. The highest BCUT2D eigenvalue weighted by molar-refractivity contribution is 5.99. The summed E-state index contributed by atoms with van der Waals surface area (Å²) in [7, 11) is 1.63. The Morgan fingerprint density at radius 3 is 2.69 bits per heavy atom. The largest absolute Gasteiger partial charge is 0.497 e. The van der Waals surface area contributed by atoms with Crippen molar-refractivity contribution in [1.82, 2.24) is 20.1 Å². The Morgan fingerprint density at radius 1 is 1.14 bits per heavy atom. The van der Waals surface area contributed by atoms with Crippen LogP contribution >= 0.6 is 0 Å². The first-order valence-corrected chi connectivity index (χ1v) is 14.6. The summed E-state index contributed by atoms with van der Waals surface area (Å²) in [6, 6.07) is 14.4. The molecule has 3 aliphatic rings. The second kappa shape index (κ2) is 11.1. The van der Waals surface area contributed by atoms with Crippen molar-refractivity contribution in [2.75, 3.05) is 44.7 Å². The molecule has 2 aromatic carbocycles. The molecule has 0 saturated carbocycles. The number of aromatic nitrogens is 1. The summed E-state index contributed by atoms with van der Waals surface area (Å²) >= 11 is 0. The number of nitrogens with zero attached hydrogens (tertiary/aromatic N) is 4. The van der Waals surface area contributed by atoms with E-state index in [9.17, 15) is 14.0 Å². The third-order valence-corrected chi connectivity index (χ3v) is 8.72. The van der Waals surface area contributed by atoms with Crippen LogP contribution < -0.4 is 15.0 Å². The van der Waals surface area contributed by atoms with Gasteiger partial charge in [0.2, 0.25) is 5.91 Å². The zero-order chi connectivity index (χ0) is 29.6. The molecule has 0 unspecified atom stereocenters. The first kappa shape index (κ1) is 28.3. The fourth-order valence-electron chi connectivity index (χ4n) is 6.49. The molecule has 1 fully saturated rings. The van der Waals surface area contributed by atoms with Crippen LogP contribution in [0, 0.1) is 5.82 Å². The summed E-state index contributed by atoms with van der Waals surface area (Å²) < 4.78 is 18.8. The minimum absolute atomic E-state index is 0.00308. The third kappa shape index (κ3) is 5.51. The molecule has 4 heterocycles.